The van der Waals surface area contributed by atoms with E-state index in [1.807, 2.05) is 22.9 Å². The van der Waals surface area contributed by atoms with Crippen LogP contribution in [0.2, 0.25) is 0 Å². The molecule has 0 saturated heterocycles. The summed E-state index contributed by atoms with van der Waals surface area (Å²) in [7, 11) is 3.20. The van der Waals surface area contributed by atoms with E-state index in [9.17, 15) is 5.11 Å². The summed E-state index contributed by atoms with van der Waals surface area (Å²) in [6.45, 7) is 2.75. The molecule has 0 aliphatic rings. The third-order valence-corrected chi connectivity index (χ3v) is 3.34. The van der Waals surface area contributed by atoms with Gasteiger partial charge in [0.25, 0.3) is 0 Å². The number of hydrogen-bond donors (Lipinski definition) is 1. The van der Waals surface area contributed by atoms with Crippen molar-refractivity contribution in [3.05, 3.63) is 23.9 Å². The third-order valence-electron chi connectivity index (χ3n) is 3.34. The molecule has 2 rings (SSSR count). The third kappa shape index (κ3) is 3.16. The van der Waals surface area contributed by atoms with E-state index >= 15 is 0 Å². The molecule has 114 valence electrons. The van der Waals surface area contributed by atoms with Crippen molar-refractivity contribution in [2.75, 3.05) is 14.2 Å². The van der Waals surface area contributed by atoms with Crippen molar-refractivity contribution in [1.82, 2.24) is 15.0 Å². The van der Waals surface area contributed by atoms with Crippen LogP contribution in [0.15, 0.2) is 18.2 Å². The summed E-state index contributed by atoms with van der Waals surface area (Å²) >= 11 is 0. The minimum Gasteiger partial charge on any atom is -0.493 e. The first kappa shape index (κ1) is 15.3. The molecule has 1 heterocycles. The number of methoxy groups -OCH3 is 2. The number of rotatable bonds is 7. The van der Waals surface area contributed by atoms with Crippen LogP contribution in [0.4, 0.5) is 0 Å². The van der Waals surface area contributed by atoms with Crippen LogP contribution in [0.3, 0.4) is 0 Å². The Balaban J connectivity index is 2.46. The molecule has 0 radical (unpaired) electrons. The Labute approximate surface area is 124 Å². The van der Waals surface area contributed by atoms with Crippen molar-refractivity contribution in [3.63, 3.8) is 0 Å². The zero-order valence-electron chi connectivity index (χ0n) is 12.7. The van der Waals surface area contributed by atoms with Gasteiger partial charge in [-0.2, -0.15) is 0 Å². The largest absolute Gasteiger partial charge is 0.493 e. The van der Waals surface area contributed by atoms with Crippen LogP contribution in [-0.4, -0.2) is 34.3 Å². The molecule has 21 heavy (non-hydrogen) atoms. The minimum atomic E-state index is -0.143. The summed E-state index contributed by atoms with van der Waals surface area (Å²) in [5, 5.41) is 17.7. The first-order valence-corrected chi connectivity index (χ1v) is 7.00. The lowest BCUT2D eigenvalue weighted by Gasteiger charge is -2.11. The van der Waals surface area contributed by atoms with E-state index in [0.29, 0.717) is 17.2 Å². The lowest BCUT2D eigenvalue weighted by Crippen LogP contribution is -2.03. The molecule has 1 aromatic heterocycles. The predicted octanol–water partition coefficient (Wildman–Crippen LogP) is 2.25. The maximum atomic E-state index is 9.47. The van der Waals surface area contributed by atoms with Crippen LogP contribution < -0.4 is 9.47 Å². The molecule has 0 fully saturated rings. The number of aryl methyl sites for hydroxylation is 1. The average molecular weight is 291 g/mol. The van der Waals surface area contributed by atoms with Crippen molar-refractivity contribution >= 4 is 0 Å². The number of hydrogen-bond acceptors (Lipinski definition) is 5. The highest BCUT2D eigenvalue weighted by atomic mass is 16.5. The van der Waals surface area contributed by atoms with Crippen molar-refractivity contribution in [1.29, 1.82) is 0 Å². The molecular formula is C15H21N3O3. The Kier molecular flexibility index (Phi) is 5.16. The van der Waals surface area contributed by atoms with Gasteiger partial charge in [0.1, 0.15) is 5.69 Å². The Morgan fingerprint density at radius 3 is 2.57 bits per heavy atom. The standard InChI is InChI=1S/C15H21N3O3/c1-4-5-8-18-15(12(10-19)16-17-18)11-6-7-13(20-2)14(9-11)21-3/h6-7,9,19H,4-5,8,10H2,1-3H3. The number of aliphatic hydroxyl groups is 1. The van der Waals surface area contributed by atoms with Gasteiger partial charge in [0.15, 0.2) is 11.5 Å². The number of unbranched alkanes of at least 4 members (excludes halogenated alkanes) is 1. The molecule has 0 atom stereocenters. The highest BCUT2D eigenvalue weighted by molar-refractivity contribution is 5.66. The lowest BCUT2D eigenvalue weighted by atomic mass is 10.1. The molecule has 0 amide bonds. The van der Waals surface area contributed by atoms with E-state index in [1.165, 1.54) is 0 Å². The Morgan fingerprint density at radius 2 is 1.95 bits per heavy atom. The molecule has 6 nitrogen and oxygen atoms in total. The summed E-state index contributed by atoms with van der Waals surface area (Å²) < 4.78 is 12.4. The number of aliphatic hydroxyl groups excluding tert-OH is 1. The fourth-order valence-corrected chi connectivity index (χ4v) is 2.22. The quantitative estimate of drug-likeness (QED) is 0.847. The second kappa shape index (κ2) is 7.08. The molecule has 2 aromatic rings. The molecule has 0 aliphatic heterocycles. The van der Waals surface area contributed by atoms with Crippen LogP contribution in [0.1, 0.15) is 25.5 Å². The van der Waals surface area contributed by atoms with Crippen LogP contribution in [0.5, 0.6) is 11.5 Å². The second-order valence-corrected chi connectivity index (χ2v) is 4.69. The molecule has 1 N–H and O–H groups in total. The monoisotopic (exact) mass is 291 g/mol. The zero-order chi connectivity index (χ0) is 15.2. The van der Waals surface area contributed by atoms with E-state index in [4.69, 9.17) is 9.47 Å². The fraction of sp³-hybridized carbons (Fsp3) is 0.467. The van der Waals surface area contributed by atoms with Gasteiger partial charge in [0, 0.05) is 12.1 Å². The van der Waals surface area contributed by atoms with E-state index in [2.05, 4.69) is 17.2 Å². The van der Waals surface area contributed by atoms with Gasteiger partial charge in [-0.1, -0.05) is 18.6 Å². The molecule has 0 bridgehead atoms. The van der Waals surface area contributed by atoms with Gasteiger partial charge in [0.2, 0.25) is 0 Å². The van der Waals surface area contributed by atoms with Gasteiger partial charge in [-0.3, -0.25) is 0 Å². The highest BCUT2D eigenvalue weighted by Crippen LogP contribution is 2.33. The minimum absolute atomic E-state index is 0.143. The van der Waals surface area contributed by atoms with Gasteiger partial charge < -0.3 is 14.6 Å². The van der Waals surface area contributed by atoms with E-state index < -0.39 is 0 Å². The van der Waals surface area contributed by atoms with Gasteiger partial charge in [0.05, 0.1) is 26.5 Å². The summed E-state index contributed by atoms with van der Waals surface area (Å²) in [5.41, 5.74) is 2.29. The maximum Gasteiger partial charge on any atom is 0.161 e. The molecule has 0 aliphatic carbocycles. The number of ether oxygens (including phenoxy) is 2. The summed E-state index contributed by atoms with van der Waals surface area (Å²) in [4.78, 5) is 0. The van der Waals surface area contributed by atoms with Crippen LogP contribution in [-0.2, 0) is 13.2 Å². The molecule has 0 spiro atoms. The van der Waals surface area contributed by atoms with E-state index in [-0.39, 0.29) is 6.61 Å². The van der Waals surface area contributed by atoms with E-state index in [1.54, 1.807) is 14.2 Å². The fourth-order valence-electron chi connectivity index (χ4n) is 2.22. The lowest BCUT2D eigenvalue weighted by molar-refractivity contribution is 0.277. The molecule has 0 saturated carbocycles. The zero-order valence-corrected chi connectivity index (χ0v) is 12.7. The molecule has 6 heteroatoms. The normalized spacial score (nSPS) is 10.7. The van der Waals surface area contributed by atoms with Gasteiger partial charge in [-0.15, -0.1) is 5.10 Å². The van der Waals surface area contributed by atoms with Crippen LogP contribution in [0, 0.1) is 0 Å². The maximum absolute atomic E-state index is 9.47. The highest BCUT2D eigenvalue weighted by Gasteiger charge is 2.16. The summed E-state index contributed by atoms with van der Waals surface area (Å²) in [6, 6.07) is 5.63. The van der Waals surface area contributed by atoms with Crippen molar-refractivity contribution in [2.45, 2.75) is 32.9 Å². The SMILES string of the molecule is CCCCn1nnc(CO)c1-c1ccc(OC)c(OC)c1. The van der Waals surface area contributed by atoms with E-state index in [0.717, 1.165) is 30.6 Å². The van der Waals surface area contributed by atoms with Gasteiger partial charge in [-0.05, 0) is 24.6 Å². The number of aromatic nitrogens is 3. The number of benzene rings is 1. The molecular weight excluding hydrogens is 270 g/mol. The first-order valence-electron chi connectivity index (χ1n) is 7.00. The van der Waals surface area contributed by atoms with Crippen LogP contribution in [0.25, 0.3) is 11.3 Å². The smallest absolute Gasteiger partial charge is 0.161 e. The average Bonchev–Trinajstić information content (AvgIpc) is 2.95. The first-order chi connectivity index (χ1) is 10.2. The summed E-state index contributed by atoms with van der Waals surface area (Å²) in [5.74, 6) is 1.31. The second-order valence-electron chi connectivity index (χ2n) is 4.69. The molecule has 1 aromatic carbocycles. The van der Waals surface area contributed by atoms with Crippen molar-refractivity contribution in [3.8, 4) is 22.8 Å². The van der Waals surface area contributed by atoms with Crippen molar-refractivity contribution < 1.29 is 14.6 Å². The van der Waals surface area contributed by atoms with Gasteiger partial charge >= 0.3 is 0 Å². The van der Waals surface area contributed by atoms with Gasteiger partial charge in [-0.25, -0.2) is 4.68 Å². The Morgan fingerprint density at radius 1 is 1.19 bits per heavy atom. The topological polar surface area (TPSA) is 69.4 Å². The Hall–Kier alpha value is -2.08. The number of nitrogens with zero attached hydrogens (tertiary/aromatic N) is 3. The Bertz CT molecular complexity index is 596. The summed E-state index contributed by atoms with van der Waals surface area (Å²) in [6.07, 6.45) is 2.08. The molecule has 0 unspecified atom stereocenters. The van der Waals surface area contributed by atoms with Crippen LogP contribution >= 0.6 is 0 Å². The van der Waals surface area contributed by atoms with Crippen molar-refractivity contribution in [2.24, 2.45) is 0 Å². The predicted molar refractivity (Wildman–Crippen MR) is 79.4 cm³/mol.